The minimum atomic E-state index is -0.102. The van der Waals surface area contributed by atoms with Crippen molar-refractivity contribution in [3.05, 3.63) is 34.5 Å². The number of halogens is 1. The van der Waals surface area contributed by atoms with Gasteiger partial charge in [-0.3, -0.25) is 0 Å². The summed E-state index contributed by atoms with van der Waals surface area (Å²) in [5, 5.41) is 1.30. The predicted molar refractivity (Wildman–Crippen MR) is 65.7 cm³/mol. The van der Waals surface area contributed by atoms with Crippen molar-refractivity contribution >= 4 is 24.1 Å². The molecule has 0 bridgehead atoms. The number of likely N-dealkylation sites (N-methyl/N-ethyl adjacent to an activating group) is 1. The van der Waals surface area contributed by atoms with Gasteiger partial charge in [-0.05, 0) is 0 Å². The van der Waals surface area contributed by atoms with Crippen LogP contribution < -0.4 is 0 Å². The molecule has 1 nitrogen and oxygen atoms in total. The van der Waals surface area contributed by atoms with Crippen molar-refractivity contribution in [1.82, 2.24) is 4.90 Å². The SMILES string of the molecule is CN(C)C1CC1c1c[se]c2cc(F)ccc12. The number of rotatable bonds is 2. The number of nitrogens with zero attached hydrogens (tertiary/aromatic N) is 1. The Hall–Kier alpha value is -0.631. The van der Waals surface area contributed by atoms with Crippen LogP contribution in [0.25, 0.3) is 9.65 Å². The van der Waals surface area contributed by atoms with Crippen LogP contribution in [0.2, 0.25) is 0 Å². The van der Waals surface area contributed by atoms with E-state index in [0.29, 0.717) is 26.5 Å². The Morgan fingerprint density at radius 2 is 2.19 bits per heavy atom. The van der Waals surface area contributed by atoms with Crippen molar-refractivity contribution < 1.29 is 4.39 Å². The zero-order valence-electron chi connectivity index (χ0n) is 9.40. The first-order chi connectivity index (χ1) is 7.66. The van der Waals surface area contributed by atoms with Crippen LogP contribution in [0.1, 0.15) is 17.9 Å². The van der Waals surface area contributed by atoms with E-state index in [-0.39, 0.29) is 5.82 Å². The zero-order chi connectivity index (χ0) is 11.3. The number of hydrogen-bond acceptors (Lipinski definition) is 1. The summed E-state index contributed by atoms with van der Waals surface area (Å²) >= 11 is 0.340. The first-order valence-electron chi connectivity index (χ1n) is 5.50. The molecule has 0 radical (unpaired) electrons. The zero-order valence-corrected chi connectivity index (χ0v) is 11.1. The summed E-state index contributed by atoms with van der Waals surface area (Å²) in [6.07, 6.45) is 1.26. The number of benzene rings is 1. The van der Waals surface area contributed by atoms with E-state index in [1.165, 1.54) is 21.6 Å². The third-order valence-electron chi connectivity index (χ3n) is 3.39. The van der Waals surface area contributed by atoms with Crippen molar-refractivity contribution in [3.63, 3.8) is 0 Å². The molecule has 1 aromatic heterocycles. The molecule has 1 saturated carbocycles. The molecule has 0 amide bonds. The second-order valence-electron chi connectivity index (χ2n) is 4.70. The van der Waals surface area contributed by atoms with Crippen molar-refractivity contribution in [2.24, 2.45) is 0 Å². The van der Waals surface area contributed by atoms with E-state index in [1.54, 1.807) is 12.1 Å². The van der Waals surface area contributed by atoms with Crippen molar-refractivity contribution in [3.8, 4) is 0 Å². The van der Waals surface area contributed by atoms with E-state index in [1.807, 2.05) is 6.07 Å². The maximum atomic E-state index is 13.1. The third kappa shape index (κ3) is 1.64. The molecule has 2 atom stereocenters. The van der Waals surface area contributed by atoms with Gasteiger partial charge in [0.15, 0.2) is 0 Å². The maximum absolute atomic E-state index is 13.1. The molecule has 1 aliphatic rings. The molecular weight excluding hydrogens is 268 g/mol. The van der Waals surface area contributed by atoms with Gasteiger partial charge < -0.3 is 0 Å². The van der Waals surface area contributed by atoms with Crippen LogP contribution in [0.4, 0.5) is 4.39 Å². The molecule has 1 aromatic carbocycles. The van der Waals surface area contributed by atoms with E-state index in [4.69, 9.17) is 0 Å². The van der Waals surface area contributed by atoms with E-state index >= 15 is 0 Å². The van der Waals surface area contributed by atoms with Crippen LogP contribution in [0.5, 0.6) is 0 Å². The van der Waals surface area contributed by atoms with Gasteiger partial charge in [0, 0.05) is 0 Å². The molecule has 84 valence electrons. The molecule has 2 unspecified atom stereocenters. The fourth-order valence-electron chi connectivity index (χ4n) is 2.40. The van der Waals surface area contributed by atoms with Gasteiger partial charge in [0.25, 0.3) is 0 Å². The van der Waals surface area contributed by atoms with Crippen LogP contribution in [0.15, 0.2) is 23.1 Å². The standard InChI is InChI=1S/C13H14FNSe/c1-15(2)12-6-10(12)11-7-16-13-5-8(14)3-4-9(11)13/h3-5,7,10,12H,6H2,1-2H3. The molecular formula is C13H14FNSe. The summed E-state index contributed by atoms with van der Waals surface area (Å²) in [5.41, 5.74) is 1.47. The van der Waals surface area contributed by atoms with Crippen molar-refractivity contribution in [2.45, 2.75) is 18.4 Å². The van der Waals surface area contributed by atoms with Gasteiger partial charge >= 0.3 is 100 Å². The number of hydrogen-bond donors (Lipinski definition) is 0. The summed E-state index contributed by atoms with van der Waals surface area (Å²) in [5.74, 6) is 0.582. The summed E-state index contributed by atoms with van der Waals surface area (Å²) in [6, 6.07) is 5.93. The summed E-state index contributed by atoms with van der Waals surface area (Å²) in [4.78, 5) is 4.63. The third-order valence-corrected chi connectivity index (χ3v) is 5.41. The summed E-state index contributed by atoms with van der Waals surface area (Å²) in [6.45, 7) is 0. The van der Waals surface area contributed by atoms with Crippen LogP contribution >= 0.6 is 0 Å². The van der Waals surface area contributed by atoms with Crippen molar-refractivity contribution in [1.29, 1.82) is 0 Å². The molecule has 0 saturated heterocycles. The monoisotopic (exact) mass is 283 g/mol. The molecule has 0 aliphatic heterocycles. The molecule has 1 aliphatic carbocycles. The second-order valence-corrected chi connectivity index (χ2v) is 6.62. The van der Waals surface area contributed by atoms with Gasteiger partial charge in [-0.1, -0.05) is 0 Å². The minimum absolute atomic E-state index is 0.102. The molecule has 3 heteroatoms. The summed E-state index contributed by atoms with van der Waals surface area (Å²) in [7, 11) is 4.27. The van der Waals surface area contributed by atoms with Gasteiger partial charge in [0.1, 0.15) is 0 Å². The Morgan fingerprint density at radius 1 is 1.38 bits per heavy atom. The van der Waals surface area contributed by atoms with Crippen LogP contribution in [0, 0.1) is 5.82 Å². The van der Waals surface area contributed by atoms with Gasteiger partial charge in [-0.25, -0.2) is 0 Å². The van der Waals surface area contributed by atoms with Crippen LogP contribution in [0.3, 0.4) is 0 Å². The van der Waals surface area contributed by atoms with E-state index in [2.05, 4.69) is 23.9 Å². The topological polar surface area (TPSA) is 3.24 Å². The molecule has 2 aromatic rings. The van der Waals surface area contributed by atoms with Gasteiger partial charge in [-0.2, -0.15) is 0 Å². The second kappa shape index (κ2) is 3.69. The Morgan fingerprint density at radius 3 is 2.88 bits per heavy atom. The first-order valence-corrected chi connectivity index (χ1v) is 7.34. The molecule has 0 spiro atoms. The molecule has 3 rings (SSSR count). The van der Waals surface area contributed by atoms with Crippen LogP contribution in [-0.2, 0) is 0 Å². The predicted octanol–water partition coefficient (Wildman–Crippen LogP) is 2.45. The van der Waals surface area contributed by atoms with E-state index in [0.717, 1.165) is 0 Å². The van der Waals surface area contributed by atoms with Crippen LogP contribution in [-0.4, -0.2) is 39.5 Å². The van der Waals surface area contributed by atoms with Crippen molar-refractivity contribution in [2.75, 3.05) is 14.1 Å². The Bertz CT molecular complexity index is 532. The summed E-state index contributed by atoms with van der Waals surface area (Å²) < 4.78 is 14.3. The van der Waals surface area contributed by atoms with E-state index < -0.39 is 0 Å². The Labute approximate surface area is 101 Å². The Balaban J connectivity index is 2.00. The fourth-order valence-corrected chi connectivity index (χ4v) is 4.60. The quantitative estimate of drug-likeness (QED) is 0.765. The van der Waals surface area contributed by atoms with Gasteiger partial charge in [0.05, 0.1) is 0 Å². The average molecular weight is 282 g/mol. The molecule has 16 heavy (non-hydrogen) atoms. The fraction of sp³-hybridized carbons (Fsp3) is 0.385. The molecule has 1 heterocycles. The Kier molecular flexibility index (Phi) is 2.43. The number of fused-ring (bicyclic) bond motifs is 1. The molecule has 1 fully saturated rings. The van der Waals surface area contributed by atoms with Gasteiger partial charge in [-0.15, -0.1) is 0 Å². The normalized spacial score (nSPS) is 24.2. The molecule has 0 N–H and O–H groups in total. The van der Waals surface area contributed by atoms with Gasteiger partial charge in [0.2, 0.25) is 0 Å². The first kappa shape index (κ1) is 10.5. The average Bonchev–Trinajstić information content (AvgIpc) is 2.93. The van der Waals surface area contributed by atoms with E-state index in [9.17, 15) is 4.39 Å².